The second-order valence-corrected chi connectivity index (χ2v) is 4.93. The van der Waals surface area contributed by atoms with E-state index in [1.807, 2.05) is 6.07 Å². The smallest absolute Gasteiger partial charge is 0.437 e. The van der Waals surface area contributed by atoms with Gasteiger partial charge in [-0.3, -0.25) is 10.2 Å². The summed E-state index contributed by atoms with van der Waals surface area (Å²) in [6, 6.07) is 14.9. The lowest BCUT2D eigenvalue weighted by Gasteiger charge is -2.01. The van der Waals surface area contributed by atoms with E-state index in [1.54, 1.807) is 24.3 Å². The normalized spacial score (nSPS) is 10.8. The number of nitrogens with one attached hydrogen (secondary N) is 1. The Bertz CT molecular complexity index is 908. The van der Waals surface area contributed by atoms with E-state index in [-0.39, 0.29) is 17.1 Å². The van der Waals surface area contributed by atoms with E-state index in [9.17, 15) is 13.6 Å². The molecule has 2 aromatic carbocycles. The molecule has 1 N–H and O–H groups in total. The zero-order valence-corrected chi connectivity index (χ0v) is 12.8. The zero-order valence-electron chi connectivity index (χ0n) is 12.8. The van der Waals surface area contributed by atoms with E-state index >= 15 is 0 Å². The van der Waals surface area contributed by atoms with Crippen LogP contribution in [0.2, 0.25) is 0 Å². The molecule has 1 heterocycles. The van der Waals surface area contributed by atoms with Crippen LogP contribution >= 0.6 is 0 Å². The highest BCUT2D eigenvalue weighted by Gasteiger charge is 2.10. The van der Waals surface area contributed by atoms with Crippen molar-refractivity contribution in [1.29, 1.82) is 0 Å². The number of hydrogen-bond acceptors (Lipinski definition) is 4. The molecule has 3 rings (SSSR count). The fourth-order valence-corrected chi connectivity index (χ4v) is 2.04. The van der Waals surface area contributed by atoms with Gasteiger partial charge in [0.05, 0.1) is 5.56 Å². The number of halogens is 2. The summed E-state index contributed by atoms with van der Waals surface area (Å²) in [5.74, 6) is -0.970. The maximum absolute atomic E-state index is 13.7. The predicted octanol–water partition coefficient (Wildman–Crippen LogP) is 4.81. The number of anilines is 1. The molecule has 0 aliphatic heterocycles. The van der Waals surface area contributed by atoms with Crippen LogP contribution in [0.5, 0.6) is 0 Å². The number of rotatable bonds is 4. The van der Waals surface area contributed by atoms with Crippen LogP contribution in [0.15, 0.2) is 70.2 Å². The predicted molar refractivity (Wildman–Crippen MR) is 88.2 cm³/mol. The van der Waals surface area contributed by atoms with Crippen LogP contribution in [0.4, 0.5) is 19.3 Å². The summed E-state index contributed by atoms with van der Waals surface area (Å²) in [6.45, 7) is 0. The van der Waals surface area contributed by atoms with E-state index in [4.69, 9.17) is 4.42 Å². The molecule has 5 nitrogen and oxygen atoms in total. The Morgan fingerprint density at radius 1 is 1.08 bits per heavy atom. The largest absolute Gasteiger partial charge is 0.455 e. The summed E-state index contributed by atoms with van der Waals surface area (Å²) in [5.41, 5.74) is 0.679. The Hall–Kier alpha value is -3.48. The van der Waals surface area contributed by atoms with Gasteiger partial charge in [-0.1, -0.05) is 23.4 Å². The molecule has 0 saturated heterocycles. The highest BCUT2D eigenvalue weighted by atomic mass is 19.1. The second-order valence-electron chi connectivity index (χ2n) is 4.93. The minimum atomic E-state index is -0.765. The van der Waals surface area contributed by atoms with E-state index in [1.165, 1.54) is 18.2 Å². The summed E-state index contributed by atoms with van der Waals surface area (Å²) < 4.78 is 32.0. The summed E-state index contributed by atoms with van der Waals surface area (Å²) in [5, 5.41) is 5.98. The third-order valence-electron chi connectivity index (χ3n) is 3.16. The number of furan rings is 1. The molecule has 0 aliphatic carbocycles. The number of oxime groups is 1. The van der Waals surface area contributed by atoms with Crippen molar-refractivity contribution in [2.45, 2.75) is 0 Å². The van der Waals surface area contributed by atoms with E-state index in [0.717, 1.165) is 18.3 Å². The first-order valence-corrected chi connectivity index (χ1v) is 7.23. The molecule has 25 heavy (non-hydrogen) atoms. The highest BCUT2D eigenvalue weighted by molar-refractivity contribution is 5.85. The Morgan fingerprint density at radius 2 is 1.88 bits per heavy atom. The monoisotopic (exact) mass is 342 g/mol. The van der Waals surface area contributed by atoms with Crippen molar-refractivity contribution in [2.75, 3.05) is 5.32 Å². The van der Waals surface area contributed by atoms with Gasteiger partial charge in [0.25, 0.3) is 0 Å². The van der Waals surface area contributed by atoms with Crippen LogP contribution in [0, 0.1) is 11.6 Å². The summed E-state index contributed by atoms with van der Waals surface area (Å²) in [4.78, 5) is 16.2. The third kappa shape index (κ3) is 4.29. The average Bonchev–Trinajstić information content (AvgIpc) is 3.04. The first-order chi connectivity index (χ1) is 12.1. The molecule has 0 fully saturated rings. The molecule has 0 aliphatic rings. The number of carbonyl (C=O) groups excluding carboxylic acids is 1. The van der Waals surface area contributed by atoms with Crippen molar-refractivity contribution in [3.8, 4) is 11.3 Å². The second kappa shape index (κ2) is 7.39. The first kappa shape index (κ1) is 16.4. The topological polar surface area (TPSA) is 63.8 Å². The van der Waals surface area contributed by atoms with E-state index in [0.29, 0.717) is 5.69 Å². The molecule has 1 amide bonds. The van der Waals surface area contributed by atoms with Gasteiger partial charge in [0.2, 0.25) is 0 Å². The standard InChI is InChI=1S/C18H12F2N2O3/c19-12-6-8-15(16(20)10-12)17-9-7-14(24-17)11-21-25-18(23)22-13-4-2-1-3-5-13/h1-11H,(H,22,23)/b21-11-. The van der Waals surface area contributed by atoms with Crippen molar-refractivity contribution in [1.82, 2.24) is 0 Å². The van der Waals surface area contributed by atoms with E-state index in [2.05, 4.69) is 15.3 Å². The Balaban J connectivity index is 1.61. The summed E-state index contributed by atoms with van der Waals surface area (Å²) >= 11 is 0. The molecule has 0 bridgehead atoms. The molecule has 126 valence electrons. The van der Waals surface area contributed by atoms with Gasteiger partial charge in [-0.2, -0.15) is 0 Å². The fourth-order valence-electron chi connectivity index (χ4n) is 2.04. The summed E-state index contributed by atoms with van der Waals surface area (Å²) in [7, 11) is 0. The van der Waals surface area contributed by atoms with Crippen LogP contribution in [0.3, 0.4) is 0 Å². The molecular formula is C18H12F2N2O3. The lowest BCUT2D eigenvalue weighted by atomic mass is 10.1. The van der Waals surface area contributed by atoms with Gasteiger partial charge in [0, 0.05) is 11.8 Å². The van der Waals surface area contributed by atoms with Crippen molar-refractivity contribution >= 4 is 18.0 Å². The molecule has 1 aromatic heterocycles. The van der Waals surface area contributed by atoms with Gasteiger partial charge in [0.1, 0.15) is 29.4 Å². The van der Waals surface area contributed by atoms with Crippen molar-refractivity contribution in [3.63, 3.8) is 0 Å². The van der Waals surface area contributed by atoms with Crippen molar-refractivity contribution in [2.24, 2.45) is 5.16 Å². The van der Waals surface area contributed by atoms with Gasteiger partial charge >= 0.3 is 6.09 Å². The maximum atomic E-state index is 13.7. The number of benzene rings is 2. The lowest BCUT2D eigenvalue weighted by molar-refractivity contribution is 0.167. The Kier molecular flexibility index (Phi) is 4.84. The molecule has 0 radical (unpaired) electrons. The van der Waals surface area contributed by atoms with Crippen molar-refractivity contribution in [3.05, 3.63) is 78.1 Å². The van der Waals surface area contributed by atoms with Gasteiger partial charge in [-0.15, -0.1) is 0 Å². The quantitative estimate of drug-likeness (QED) is 0.420. The van der Waals surface area contributed by atoms with Crippen LogP contribution in [-0.2, 0) is 4.84 Å². The van der Waals surface area contributed by atoms with Crippen LogP contribution < -0.4 is 5.32 Å². The molecule has 0 saturated carbocycles. The van der Waals surface area contributed by atoms with Gasteiger partial charge in [-0.05, 0) is 36.4 Å². The Labute approximate surface area is 141 Å². The molecular weight excluding hydrogens is 330 g/mol. The van der Waals surface area contributed by atoms with Crippen LogP contribution in [0.25, 0.3) is 11.3 Å². The number of amides is 1. The van der Waals surface area contributed by atoms with Crippen molar-refractivity contribution < 1.29 is 22.8 Å². The number of hydrogen-bond donors (Lipinski definition) is 1. The number of carbonyl (C=O) groups is 1. The fraction of sp³-hybridized carbons (Fsp3) is 0. The van der Waals surface area contributed by atoms with Crippen LogP contribution in [0.1, 0.15) is 5.76 Å². The molecule has 3 aromatic rings. The minimum absolute atomic E-state index is 0.115. The third-order valence-corrected chi connectivity index (χ3v) is 3.16. The van der Waals surface area contributed by atoms with E-state index < -0.39 is 17.7 Å². The lowest BCUT2D eigenvalue weighted by Crippen LogP contribution is -2.10. The van der Waals surface area contributed by atoms with Crippen LogP contribution in [-0.4, -0.2) is 12.3 Å². The first-order valence-electron chi connectivity index (χ1n) is 7.23. The maximum Gasteiger partial charge on any atom is 0.437 e. The van der Waals surface area contributed by atoms with Gasteiger partial charge in [-0.25, -0.2) is 13.6 Å². The molecule has 0 spiro atoms. The molecule has 7 heteroatoms. The minimum Gasteiger partial charge on any atom is -0.455 e. The Morgan fingerprint density at radius 3 is 2.64 bits per heavy atom. The molecule has 0 atom stereocenters. The highest BCUT2D eigenvalue weighted by Crippen LogP contribution is 2.25. The number of para-hydroxylation sites is 1. The van der Waals surface area contributed by atoms with Gasteiger partial charge < -0.3 is 4.42 Å². The SMILES string of the molecule is O=C(Nc1ccccc1)O/N=C\c1ccc(-c2ccc(F)cc2F)o1. The number of nitrogens with zero attached hydrogens (tertiary/aromatic N) is 1. The average molecular weight is 342 g/mol. The molecule has 0 unspecified atom stereocenters. The van der Waals surface area contributed by atoms with Gasteiger partial charge in [0.15, 0.2) is 0 Å². The summed E-state index contributed by atoms with van der Waals surface area (Å²) in [6.07, 6.45) is 0.397. The zero-order chi connectivity index (χ0) is 17.6.